The van der Waals surface area contributed by atoms with E-state index < -0.39 is 12.0 Å². The monoisotopic (exact) mass is 369 g/mol. The summed E-state index contributed by atoms with van der Waals surface area (Å²) in [5.41, 5.74) is 6.81. The van der Waals surface area contributed by atoms with Gasteiger partial charge < -0.3 is 20.7 Å². The lowest BCUT2D eigenvalue weighted by molar-refractivity contribution is -0.130. The van der Waals surface area contributed by atoms with Crippen molar-refractivity contribution in [3.63, 3.8) is 0 Å². The highest BCUT2D eigenvalue weighted by Crippen LogP contribution is 2.15. The van der Waals surface area contributed by atoms with Crippen LogP contribution in [-0.2, 0) is 16.0 Å². The number of nitrogens with zero attached hydrogens (tertiary/aromatic N) is 3. The number of nitrogens with two attached hydrogens (primary N) is 1. The highest BCUT2D eigenvalue weighted by atomic mass is 16.5. The number of hydrogen-bond acceptors (Lipinski definition) is 6. The largest absolute Gasteiger partial charge is 0.367 e. The Balaban J connectivity index is 1.47. The number of morpholine rings is 1. The van der Waals surface area contributed by atoms with Crippen molar-refractivity contribution >= 4 is 17.6 Å². The van der Waals surface area contributed by atoms with Crippen molar-refractivity contribution in [3.8, 4) is 0 Å². The van der Waals surface area contributed by atoms with Crippen molar-refractivity contribution in [3.05, 3.63) is 54.0 Å². The van der Waals surface area contributed by atoms with E-state index in [1.165, 1.54) is 6.20 Å². The number of ether oxygens (including phenoxy) is 1. The number of carbonyl (C=O) groups is 2. The topological polar surface area (TPSA) is 110 Å². The van der Waals surface area contributed by atoms with Gasteiger partial charge in [0.25, 0.3) is 5.91 Å². The molecule has 0 spiro atoms. The van der Waals surface area contributed by atoms with Gasteiger partial charge in [-0.1, -0.05) is 6.07 Å². The van der Waals surface area contributed by atoms with Crippen molar-refractivity contribution in [1.82, 2.24) is 15.3 Å². The maximum Gasteiger partial charge on any atom is 0.252 e. The number of aryl methyl sites for hydroxylation is 1. The third kappa shape index (κ3) is 5.24. The van der Waals surface area contributed by atoms with Gasteiger partial charge in [-0.15, -0.1) is 0 Å². The SMILES string of the molecule is NC(=O)[C@@H]1CN(c2ccc(C(=O)NCCCc3ccccn3)cn2)CCO1. The molecule has 3 rings (SSSR count). The van der Waals surface area contributed by atoms with Crippen LogP contribution in [0.15, 0.2) is 42.7 Å². The molecule has 1 atom stereocenters. The predicted molar refractivity (Wildman–Crippen MR) is 100 cm³/mol. The maximum atomic E-state index is 12.2. The molecule has 2 amide bonds. The van der Waals surface area contributed by atoms with Gasteiger partial charge in [-0.05, 0) is 37.1 Å². The fourth-order valence-electron chi connectivity index (χ4n) is 2.86. The maximum absolute atomic E-state index is 12.2. The summed E-state index contributed by atoms with van der Waals surface area (Å²) in [7, 11) is 0. The van der Waals surface area contributed by atoms with Crippen molar-refractivity contribution in [2.24, 2.45) is 5.73 Å². The molecular weight excluding hydrogens is 346 g/mol. The fraction of sp³-hybridized carbons (Fsp3) is 0.368. The summed E-state index contributed by atoms with van der Waals surface area (Å²) in [6.45, 7) is 1.96. The molecule has 2 aromatic heterocycles. The Morgan fingerprint density at radius 1 is 1.26 bits per heavy atom. The molecule has 1 aliphatic heterocycles. The molecule has 142 valence electrons. The molecule has 0 bridgehead atoms. The molecule has 0 aliphatic carbocycles. The van der Waals surface area contributed by atoms with Crippen molar-refractivity contribution in [1.29, 1.82) is 0 Å². The van der Waals surface area contributed by atoms with Gasteiger partial charge in [0.15, 0.2) is 6.10 Å². The average Bonchev–Trinajstić information content (AvgIpc) is 2.72. The second kappa shape index (κ2) is 9.09. The quantitative estimate of drug-likeness (QED) is 0.689. The number of aromatic nitrogens is 2. The fourth-order valence-corrected chi connectivity index (χ4v) is 2.86. The zero-order chi connectivity index (χ0) is 19.1. The number of carbonyl (C=O) groups excluding carboxylic acids is 2. The molecule has 0 unspecified atom stereocenters. The minimum atomic E-state index is -0.636. The highest BCUT2D eigenvalue weighted by molar-refractivity contribution is 5.94. The Morgan fingerprint density at radius 3 is 2.85 bits per heavy atom. The summed E-state index contributed by atoms with van der Waals surface area (Å²) >= 11 is 0. The third-order valence-electron chi connectivity index (χ3n) is 4.34. The normalized spacial score (nSPS) is 16.7. The van der Waals surface area contributed by atoms with E-state index in [-0.39, 0.29) is 5.91 Å². The van der Waals surface area contributed by atoms with Gasteiger partial charge in [0.1, 0.15) is 5.82 Å². The first kappa shape index (κ1) is 18.8. The second-order valence-corrected chi connectivity index (χ2v) is 6.29. The number of pyridine rings is 2. The molecule has 8 nitrogen and oxygen atoms in total. The number of primary amides is 1. The first-order valence-electron chi connectivity index (χ1n) is 8.93. The molecule has 1 fully saturated rings. The van der Waals surface area contributed by atoms with Crippen LogP contribution >= 0.6 is 0 Å². The first-order chi connectivity index (χ1) is 13.1. The number of nitrogens with one attached hydrogen (secondary N) is 1. The average molecular weight is 369 g/mol. The van der Waals surface area contributed by atoms with Gasteiger partial charge in [0.05, 0.1) is 18.7 Å². The zero-order valence-corrected chi connectivity index (χ0v) is 15.0. The lowest BCUT2D eigenvalue weighted by atomic mass is 10.2. The van der Waals surface area contributed by atoms with E-state index in [9.17, 15) is 9.59 Å². The first-order valence-corrected chi connectivity index (χ1v) is 8.93. The summed E-state index contributed by atoms with van der Waals surface area (Å²) < 4.78 is 5.33. The van der Waals surface area contributed by atoms with Crippen molar-refractivity contribution in [2.75, 3.05) is 31.1 Å². The van der Waals surface area contributed by atoms with E-state index in [1.807, 2.05) is 23.1 Å². The van der Waals surface area contributed by atoms with E-state index in [4.69, 9.17) is 10.5 Å². The molecule has 3 heterocycles. The number of hydrogen-bond donors (Lipinski definition) is 2. The van der Waals surface area contributed by atoms with Gasteiger partial charge in [0, 0.05) is 31.2 Å². The predicted octanol–water partition coefficient (Wildman–Crippen LogP) is 0.530. The van der Waals surface area contributed by atoms with E-state index in [2.05, 4.69) is 15.3 Å². The van der Waals surface area contributed by atoms with Gasteiger partial charge in [-0.3, -0.25) is 14.6 Å². The van der Waals surface area contributed by atoms with Gasteiger partial charge in [-0.25, -0.2) is 4.98 Å². The molecule has 0 aromatic carbocycles. The van der Waals surface area contributed by atoms with E-state index >= 15 is 0 Å². The Labute approximate surface area is 157 Å². The molecule has 1 saturated heterocycles. The van der Waals surface area contributed by atoms with Crippen molar-refractivity contribution in [2.45, 2.75) is 18.9 Å². The summed E-state index contributed by atoms with van der Waals surface area (Å²) in [6.07, 6.45) is 4.30. The molecule has 0 radical (unpaired) electrons. The minimum Gasteiger partial charge on any atom is -0.367 e. The second-order valence-electron chi connectivity index (χ2n) is 6.29. The van der Waals surface area contributed by atoms with Crippen molar-refractivity contribution < 1.29 is 14.3 Å². The van der Waals surface area contributed by atoms with Crippen LogP contribution < -0.4 is 16.0 Å². The van der Waals surface area contributed by atoms with Crippen LogP contribution in [0.5, 0.6) is 0 Å². The van der Waals surface area contributed by atoms with Crippen LogP contribution in [0, 0.1) is 0 Å². The Morgan fingerprint density at radius 2 is 2.15 bits per heavy atom. The molecule has 2 aromatic rings. The highest BCUT2D eigenvalue weighted by Gasteiger charge is 2.25. The molecule has 27 heavy (non-hydrogen) atoms. The molecule has 8 heteroatoms. The number of anilines is 1. The molecule has 3 N–H and O–H groups in total. The van der Waals surface area contributed by atoms with Crippen LogP contribution in [-0.4, -0.2) is 54.1 Å². The van der Waals surface area contributed by atoms with E-state index in [1.54, 1.807) is 18.3 Å². The lowest BCUT2D eigenvalue weighted by Gasteiger charge is -2.32. The van der Waals surface area contributed by atoms with Crippen LogP contribution in [0.2, 0.25) is 0 Å². The summed E-state index contributed by atoms with van der Waals surface area (Å²) in [5.74, 6) is 0.0460. The summed E-state index contributed by atoms with van der Waals surface area (Å²) in [4.78, 5) is 34.0. The lowest BCUT2D eigenvalue weighted by Crippen LogP contribution is -2.48. The smallest absolute Gasteiger partial charge is 0.252 e. The molecular formula is C19H23N5O3. The summed E-state index contributed by atoms with van der Waals surface area (Å²) in [5, 5.41) is 2.89. The van der Waals surface area contributed by atoms with E-state index in [0.29, 0.717) is 37.6 Å². The summed E-state index contributed by atoms with van der Waals surface area (Å²) in [6, 6.07) is 9.30. The minimum absolute atomic E-state index is 0.160. The molecule has 0 saturated carbocycles. The Bertz CT molecular complexity index is 767. The van der Waals surface area contributed by atoms with Gasteiger partial charge >= 0.3 is 0 Å². The number of amides is 2. The van der Waals surface area contributed by atoms with E-state index in [0.717, 1.165) is 18.5 Å². The zero-order valence-electron chi connectivity index (χ0n) is 15.0. The number of rotatable bonds is 7. The van der Waals surface area contributed by atoms with Crippen LogP contribution in [0.25, 0.3) is 0 Å². The van der Waals surface area contributed by atoms with Gasteiger partial charge in [0.2, 0.25) is 5.91 Å². The van der Waals surface area contributed by atoms with Gasteiger partial charge in [-0.2, -0.15) is 0 Å². The standard InChI is InChI=1S/C19H23N5O3/c20-18(25)16-13-24(10-11-27-16)17-7-6-14(12-23-17)19(26)22-9-3-5-15-4-1-2-8-21-15/h1-2,4,6-8,12,16H,3,5,9-11,13H2,(H2,20,25)(H,22,26)/t16-/m0/s1. The van der Waals surface area contributed by atoms with Crippen LogP contribution in [0.4, 0.5) is 5.82 Å². The molecule has 1 aliphatic rings. The van der Waals surface area contributed by atoms with Crippen LogP contribution in [0.3, 0.4) is 0 Å². The Kier molecular flexibility index (Phi) is 6.32. The van der Waals surface area contributed by atoms with Crippen LogP contribution in [0.1, 0.15) is 22.5 Å². The third-order valence-corrected chi connectivity index (χ3v) is 4.34. The Hall–Kier alpha value is -3.00.